The molecule has 0 aromatic rings. The van der Waals surface area contributed by atoms with Crippen LogP contribution in [0.1, 0.15) is 39.0 Å². The van der Waals surface area contributed by atoms with Crippen LogP contribution in [0.3, 0.4) is 0 Å². The minimum atomic E-state index is 0.192. The summed E-state index contributed by atoms with van der Waals surface area (Å²) in [4.78, 5) is 14.9. The summed E-state index contributed by atoms with van der Waals surface area (Å²) in [6.07, 6.45) is 5.72. The number of hydrogen-bond donors (Lipinski definition) is 2. The molecule has 1 amide bonds. The van der Waals surface area contributed by atoms with Gasteiger partial charge in [-0.05, 0) is 44.4 Å². The third kappa shape index (κ3) is 3.63. The van der Waals surface area contributed by atoms with Crippen LogP contribution in [-0.2, 0) is 9.53 Å². The first-order chi connectivity index (χ1) is 10.6. The van der Waals surface area contributed by atoms with E-state index in [0.29, 0.717) is 23.9 Å². The van der Waals surface area contributed by atoms with Crippen molar-refractivity contribution in [2.24, 2.45) is 23.5 Å². The molecule has 2 aliphatic carbocycles. The monoisotopic (exact) mass is 309 g/mol. The van der Waals surface area contributed by atoms with Gasteiger partial charge in [0.1, 0.15) is 0 Å². The van der Waals surface area contributed by atoms with Crippen LogP contribution in [0.4, 0.5) is 0 Å². The Bertz CT molecular complexity index is 376. The number of carbonyl (C=O) groups is 1. The number of morpholine rings is 1. The smallest absolute Gasteiger partial charge is 0.223 e. The zero-order valence-electron chi connectivity index (χ0n) is 13.8. The van der Waals surface area contributed by atoms with Gasteiger partial charge in [-0.2, -0.15) is 0 Å². The van der Waals surface area contributed by atoms with E-state index in [1.807, 2.05) is 0 Å². The Morgan fingerprint density at radius 3 is 2.73 bits per heavy atom. The summed E-state index contributed by atoms with van der Waals surface area (Å²) in [5.74, 6) is 1.59. The summed E-state index contributed by atoms with van der Waals surface area (Å²) in [6.45, 7) is 6.45. The Morgan fingerprint density at radius 1 is 1.32 bits per heavy atom. The number of nitrogens with zero attached hydrogens (tertiary/aromatic N) is 1. The van der Waals surface area contributed by atoms with Crippen molar-refractivity contribution in [3.05, 3.63) is 0 Å². The molecule has 5 heteroatoms. The van der Waals surface area contributed by atoms with E-state index in [1.165, 1.54) is 19.3 Å². The summed E-state index contributed by atoms with van der Waals surface area (Å²) in [7, 11) is 0. The predicted molar refractivity (Wildman–Crippen MR) is 86.4 cm³/mol. The molecule has 3 fully saturated rings. The van der Waals surface area contributed by atoms with Gasteiger partial charge in [0.25, 0.3) is 0 Å². The van der Waals surface area contributed by atoms with Gasteiger partial charge in [0.15, 0.2) is 0 Å². The second-order valence-electron chi connectivity index (χ2n) is 7.45. The maximum Gasteiger partial charge on any atom is 0.223 e. The van der Waals surface area contributed by atoms with Crippen LogP contribution in [0.15, 0.2) is 0 Å². The van der Waals surface area contributed by atoms with E-state index in [0.717, 1.165) is 45.7 Å². The molecule has 22 heavy (non-hydrogen) atoms. The number of amides is 1. The number of ether oxygens (including phenoxy) is 1. The minimum Gasteiger partial charge on any atom is -0.379 e. The van der Waals surface area contributed by atoms with Crippen molar-refractivity contribution < 1.29 is 9.53 Å². The summed E-state index contributed by atoms with van der Waals surface area (Å²) < 4.78 is 5.45. The molecule has 3 unspecified atom stereocenters. The molecular weight excluding hydrogens is 278 g/mol. The van der Waals surface area contributed by atoms with E-state index in [9.17, 15) is 4.79 Å². The maximum atomic E-state index is 12.5. The molecule has 3 aliphatic rings. The van der Waals surface area contributed by atoms with Crippen LogP contribution in [0, 0.1) is 17.8 Å². The Morgan fingerprint density at radius 2 is 2.05 bits per heavy atom. The van der Waals surface area contributed by atoms with Gasteiger partial charge in [-0.1, -0.05) is 6.42 Å². The third-order valence-corrected chi connectivity index (χ3v) is 5.99. The Balaban J connectivity index is 1.42. The quantitative estimate of drug-likeness (QED) is 0.812. The van der Waals surface area contributed by atoms with E-state index in [2.05, 4.69) is 17.1 Å². The molecule has 0 aromatic heterocycles. The highest BCUT2D eigenvalue weighted by atomic mass is 16.5. The van der Waals surface area contributed by atoms with E-state index < -0.39 is 0 Å². The zero-order chi connectivity index (χ0) is 15.5. The van der Waals surface area contributed by atoms with Gasteiger partial charge in [-0.25, -0.2) is 0 Å². The van der Waals surface area contributed by atoms with Gasteiger partial charge in [-0.15, -0.1) is 0 Å². The number of hydrogen-bond acceptors (Lipinski definition) is 4. The van der Waals surface area contributed by atoms with E-state index in [1.54, 1.807) is 0 Å². The topological polar surface area (TPSA) is 67.6 Å². The molecule has 3 rings (SSSR count). The zero-order valence-corrected chi connectivity index (χ0v) is 13.8. The number of nitrogens with one attached hydrogen (secondary N) is 1. The van der Waals surface area contributed by atoms with Crippen LogP contribution in [0.5, 0.6) is 0 Å². The highest BCUT2D eigenvalue weighted by Crippen LogP contribution is 2.41. The Hall–Kier alpha value is -0.650. The van der Waals surface area contributed by atoms with Gasteiger partial charge in [0.05, 0.1) is 13.2 Å². The van der Waals surface area contributed by atoms with Crippen LogP contribution in [0.2, 0.25) is 0 Å². The van der Waals surface area contributed by atoms with E-state index in [4.69, 9.17) is 10.5 Å². The van der Waals surface area contributed by atoms with Crippen molar-refractivity contribution in [2.75, 3.05) is 32.8 Å². The molecule has 3 atom stereocenters. The number of nitrogens with two attached hydrogens (primary N) is 1. The van der Waals surface area contributed by atoms with Crippen molar-refractivity contribution in [1.29, 1.82) is 0 Å². The highest BCUT2D eigenvalue weighted by molar-refractivity contribution is 5.78. The third-order valence-electron chi connectivity index (χ3n) is 5.99. The van der Waals surface area contributed by atoms with Crippen LogP contribution < -0.4 is 11.1 Å². The Kier molecular flexibility index (Phi) is 5.37. The van der Waals surface area contributed by atoms with Gasteiger partial charge < -0.3 is 15.8 Å². The SMILES string of the molecule is CC1COCCN1CCNC(=O)C1CC2CCCC(C1)C2N. The molecule has 2 bridgehead atoms. The lowest BCUT2D eigenvalue weighted by atomic mass is 9.65. The molecule has 0 spiro atoms. The second-order valence-corrected chi connectivity index (χ2v) is 7.45. The van der Waals surface area contributed by atoms with Crippen molar-refractivity contribution in [2.45, 2.75) is 51.1 Å². The minimum absolute atomic E-state index is 0.192. The Labute approximate surface area is 133 Å². The van der Waals surface area contributed by atoms with Crippen molar-refractivity contribution in [3.63, 3.8) is 0 Å². The molecular formula is C17H31N3O2. The highest BCUT2D eigenvalue weighted by Gasteiger charge is 2.40. The fourth-order valence-electron chi connectivity index (χ4n) is 4.56. The van der Waals surface area contributed by atoms with Gasteiger partial charge in [0.2, 0.25) is 5.91 Å². The fourth-order valence-corrected chi connectivity index (χ4v) is 4.56. The first-order valence-corrected chi connectivity index (χ1v) is 9.00. The number of fused-ring (bicyclic) bond motifs is 2. The lowest BCUT2D eigenvalue weighted by molar-refractivity contribution is -0.128. The molecule has 3 N–H and O–H groups in total. The van der Waals surface area contributed by atoms with Crippen molar-refractivity contribution in [1.82, 2.24) is 10.2 Å². The van der Waals surface area contributed by atoms with E-state index in [-0.39, 0.29) is 11.8 Å². The molecule has 0 aromatic carbocycles. The summed E-state index contributed by atoms with van der Waals surface area (Å²) in [5.41, 5.74) is 6.31. The maximum absolute atomic E-state index is 12.5. The van der Waals surface area contributed by atoms with Crippen LogP contribution >= 0.6 is 0 Å². The van der Waals surface area contributed by atoms with Crippen molar-refractivity contribution in [3.8, 4) is 0 Å². The standard InChI is InChI=1S/C17H31N3O2/c1-12-11-22-8-7-20(12)6-5-19-17(21)15-9-13-3-2-4-14(10-15)16(13)18/h12-16H,2-11,18H2,1H3,(H,19,21). The predicted octanol–water partition coefficient (Wildman–Crippen LogP) is 0.977. The molecule has 1 heterocycles. The van der Waals surface area contributed by atoms with E-state index >= 15 is 0 Å². The fraction of sp³-hybridized carbons (Fsp3) is 0.941. The molecule has 1 saturated heterocycles. The van der Waals surface area contributed by atoms with Crippen LogP contribution in [0.25, 0.3) is 0 Å². The number of carbonyl (C=O) groups excluding carboxylic acids is 1. The summed E-state index contributed by atoms with van der Waals surface area (Å²) in [5, 5.41) is 3.16. The normalized spacial score (nSPS) is 39.5. The molecule has 1 aliphatic heterocycles. The van der Waals surface area contributed by atoms with Gasteiger partial charge >= 0.3 is 0 Å². The average molecular weight is 309 g/mol. The molecule has 126 valence electrons. The van der Waals surface area contributed by atoms with Crippen molar-refractivity contribution >= 4 is 5.91 Å². The summed E-state index contributed by atoms with van der Waals surface area (Å²) >= 11 is 0. The first-order valence-electron chi connectivity index (χ1n) is 9.00. The van der Waals surface area contributed by atoms with Gasteiger partial charge in [-0.3, -0.25) is 9.69 Å². The largest absolute Gasteiger partial charge is 0.379 e. The average Bonchev–Trinajstić information content (AvgIpc) is 2.49. The summed E-state index contributed by atoms with van der Waals surface area (Å²) in [6, 6.07) is 0.796. The van der Waals surface area contributed by atoms with Crippen LogP contribution in [-0.4, -0.2) is 55.7 Å². The molecule has 5 nitrogen and oxygen atoms in total. The molecule has 0 radical (unpaired) electrons. The number of rotatable bonds is 4. The first kappa shape index (κ1) is 16.2. The van der Waals surface area contributed by atoms with Gasteiger partial charge in [0, 0.05) is 37.6 Å². The lowest BCUT2D eigenvalue weighted by Gasteiger charge is -2.43. The lowest BCUT2D eigenvalue weighted by Crippen LogP contribution is -2.50. The second kappa shape index (κ2) is 7.28. The molecule has 2 saturated carbocycles.